The number of carbonyl (C=O) groups is 1. The molecule has 0 fully saturated rings. The van der Waals surface area contributed by atoms with Gasteiger partial charge in [0.1, 0.15) is 17.4 Å². The zero-order valence-electron chi connectivity index (χ0n) is 16.2. The van der Waals surface area contributed by atoms with E-state index in [4.69, 9.17) is 24.7 Å². The van der Waals surface area contributed by atoms with Crippen molar-refractivity contribution in [2.45, 2.75) is 39.7 Å². The highest BCUT2D eigenvalue weighted by molar-refractivity contribution is 5.92. The van der Waals surface area contributed by atoms with Crippen LogP contribution < -0.4 is 15.2 Å². The second-order valence-electron chi connectivity index (χ2n) is 6.19. The Labute approximate surface area is 159 Å². The van der Waals surface area contributed by atoms with Crippen molar-refractivity contribution in [3.8, 4) is 17.6 Å². The van der Waals surface area contributed by atoms with Gasteiger partial charge in [0.15, 0.2) is 11.5 Å². The molecule has 0 amide bonds. The van der Waals surface area contributed by atoms with Crippen molar-refractivity contribution < 1.29 is 23.7 Å². The maximum Gasteiger partial charge on any atom is 0.338 e. The molecule has 1 aromatic rings. The van der Waals surface area contributed by atoms with Gasteiger partial charge in [0.25, 0.3) is 0 Å². The minimum absolute atomic E-state index is 0.0322. The number of allylic oxidation sites excluding steroid dienone is 2. The van der Waals surface area contributed by atoms with Gasteiger partial charge in [0.2, 0.25) is 5.88 Å². The quantitative estimate of drug-likeness (QED) is 0.765. The van der Waals surface area contributed by atoms with E-state index in [1.165, 1.54) is 7.11 Å². The normalized spacial score (nSPS) is 16.7. The Morgan fingerprint density at radius 1 is 1.37 bits per heavy atom. The molecule has 7 nitrogen and oxygen atoms in total. The van der Waals surface area contributed by atoms with Crippen LogP contribution in [0.5, 0.6) is 11.5 Å². The van der Waals surface area contributed by atoms with Crippen molar-refractivity contribution in [1.82, 2.24) is 0 Å². The fourth-order valence-electron chi connectivity index (χ4n) is 2.90. The number of carbonyl (C=O) groups excluding carboxylic acids is 1. The van der Waals surface area contributed by atoms with Gasteiger partial charge in [-0.05, 0) is 45.4 Å². The van der Waals surface area contributed by atoms with E-state index in [1.807, 2.05) is 19.9 Å². The summed E-state index contributed by atoms with van der Waals surface area (Å²) in [6, 6.07) is 7.29. The summed E-state index contributed by atoms with van der Waals surface area (Å²) >= 11 is 0. The molecule has 0 saturated carbocycles. The van der Waals surface area contributed by atoms with Crippen molar-refractivity contribution in [3.63, 3.8) is 0 Å². The Morgan fingerprint density at radius 2 is 2.07 bits per heavy atom. The molecule has 0 aromatic heterocycles. The van der Waals surface area contributed by atoms with Crippen molar-refractivity contribution >= 4 is 5.97 Å². The number of benzene rings is 1. The summed E-state index contributed by atoms with van der Waals surface area (Å²) in [5.74, 6) is 0.0547. The Hall–Kier alpha value is -3.14. The van der Waals surface area contributed by atoms with Gasteiger partial charge in [-0.1, -0.05) is 6.07 Å². The highest BCUT2D eigenvalue weighted by Gasteiger charge is 2.36. The Morgan fingerprint density at radius 3 is 2.63 bits per heavy atom. The summed E-state index contributed by atoms with van der Waals surface area (Å²) in [6.07, 6.45) is -0.0322. The molecule has 2 N–H and O–H groups in total. The maximum atomic E-state index is 12.5. The van der Waals surface area contributed by atoms with Crippen LogP contribution in [0, 0.1) is 11.3 Å². The van der Waals surface area contributed by atoms with Crippen LogP contribution in [0.3, 0.4) is 0 Å². The van der Waals surface area contributed by atoms with Crippen molar-refractivity contribution in [3.05, 3.63) is 46.6 Å². The number of ether oxygens (including phenoxy) is 4. The van der Waals surface area contributed by atoms with Gasteiger partial charge < -0.3 is 24.7 Å². The molecule has 1 unspecified atom stereocenters. The van der Waals surface area contributed by atoms with Crippen LogP contribution in [0.1, 0.15) is 39.2 Å². The topological polar surface area (TPSA) is 104 Å². The number of hydrogen-bond donors (Lipinski definition) is 1. The third-order valence-electron chi connectivity index (χ3n) is 3.98. The van der Waals surface area contributed by atoms with E-state index in [-0.39, 0.29) is 29.7 Å². The molecular weight excluding hydrogens is 348 g/mol. The van der Waals surface area contributed by atoms with E-state index in [0.29, 0.717) is 22.8 Å². The molecule has 1 heterocycles. The number of nitrogens with zero attached hydrogens (tertiary/aromatic N) is 1. The largest absolute Gasteiger partial charge is 0.493 e. The number of nitrogens with two attached hydrogens (primary N) is 1. The Bertz CT molecular complexity index is 833. The highest BCUT2D eigenvalue weighted by Crippen LogP contribution is 2.42. The van der Waals surface area contributed by atoms with Gasteiger partial charge in [-0.3, -0.25) is 0 Å². The Kier molecular flexibility index (Phi) is 6.35. The lowest BCUT2D eigenvalue weighted by Crippen LogP contribution is -2.25. The summed E-state index contributed by atoms with van der Waals surface area (Å²) in [4.78, 5) is 12.5. The molecule has 1 aliphatic heterocycles. The number of hydrogen-bond acceptors (Lipinski definition) is 7. The highest BCUT2D eigenvalue weighted by atomic mass is 16.5. The summed E-state index contributed by atoms with van der Waals surface area (Å²) in [7, 11) is 1.53. The van der Waals surface area contributed by atoms with Gasteiger partial charge in [-0.25, -0.2) is 4.79 Å². The van der Waals surface area contributed by atoms with E-state index in [2.05, 4.69) is 0 Å². The molecule has 0 spiro atoms. The third kappa shape index (κ3) is 4.17. The smallest absolute Gasteiger partial charge is 0.338 e. The fraction of sp³-hybridized carbons (Fsp3) is 0.400. The molecule has 1 aromatic carbocycles. The van der Waals surface area contributed by atoms with Crippen molar-refractivity contribution in [2.24, 2.45) is 5.73 Å². The average Bonchev–Trinajstić information content (AvgIpc) is 2.61. The van der Waals surface area contributed by atoms with Gasteiger partial charge in [0, 0.05) is 0 Å². The van der Waals surface area contributed by atoms with E-state index in [1.54, 1.807) is 32.0 Å². The van der Waals surface area contributed by atoms with Crippen LogP contribution >= 0.6 is 0 Å². The lowest BCUT2D eigenvalue weighted by Gasteiger charge is -2.27. The maximum absolute atomic E-state index is 12.5. The summed E-state index contributed by atoms with van der Waals surface area (Å²) in [5, 5.41) is 9.61. The molecule has 27 heavy (non-hydrogen) atoms. The zero-order chi connectivity index (χ0) is 20.1. The van der Waals surface area contributed by atoms with Crippen LogP contribution in [-0.2, 0) is 14.3 Å². The van der Waals surface area contributed by atoms with Crippen LogP contribution in [0.2, 0.25) is 0 Å². The van der Waals surface area contributed by atoms with Gasteiger partial charge in [-0.2, -0.15) is 5.26 Å². The first-order valence-electron chi connectivity index (χ1n) is 8.64. The van der Waals surface area contributed by atoms with E-state index in [0.717, 1.165) is 0 Å². The third-order valence-corrected chi connectivity index (χ3v) is 3.98. The van der Waals surface area contributed by atoms with E-state index >= 15 is 0 Å². The monoisotopic (exact) mass is 372 g/mol. The first-order valence-corrected chi connectivity index (χ1v) is 8.64. The minimum atomic E-state index is -0.718. The summed E-state index contributed by atoms with van der Waals surface area (Å²) in [6.45, 7) is 7.35. The number of methoxy groups -OCH3 is 1. The molecule has 1 atom stereocenters. The van der Waals surface area contributed by atoms with Crippen LogP contribution in [0.4, 0.5) is 0 Å². The summed E-state index contributed by atoms with van der Waals surface area (Å²) < 4.78 is 21.7. The number of nitriles is 1. The molecule has 2 rings (SSSR count). The molecule has 0 radical (unpaired) electrons. The SMILES string of the molecule is CCOC(=O)C1=C(C)OC(N)=C(C#N)C1c1ccc(OC(C)C)c(OC)c1. The van der Waals surface area contributed by atoms with Crippen LogP contribution in [-0.4, -0.2) is 25.8 Å². The predicted molar refractivity (Wildman–Crippen MR) is 98.7 cm³/mol. The zero-order valence-corrected chi connectivity index (χ0v) is 16.2. The molecule has 7 heteroatoms. The van der Waals surface area contributed by atoms with E-state index < -0.39 is 11.9 Å². The van der Waals surface area contributed by atoms with Crippen LogP contribution in [0.25, 0.3) is 0 Å². The van der Waals surface area contributed by atoms with Crippen molar-refractivity contribution in [2.75, 3.05) is 13.7 Å². The molecule has 0 saturated heterocycles. The minimum Gasteiger partial charge on any atom is -0.493 e. The predicted octanol–water partition coefficient (Wildman–Crippen LogP) is 3.13. The average molecular weight is 372 g/mol. The standard InChI is InChI=1S/C20H24N2O5/c1-6-25-20(23)17-12(4)27-19(22)14(10-21)18(17)13-7-8-15(26-11(2)3)16(9-13)24-5/h7-9,11,18H,6,22H2,1-5H3. The van der Waals surface area contributed by atoms with Gasteiger partial charge in [0.05, 0.1) is 31.3 Å². The molecular formula is C20H24N2O5. The molecule has 0 bridgehead atoms. The number of esters is 1. The first kappa shape index (κ1) is 20.2. The first-order chi connectivity index (χ1) is 12.8. The van der Waals surface area contributed by atoms with Crippen molar-refractivity contribution in [1.29, 1.82) is 5.26 Å². The lowest BCUT2D eigenvalue weighted by molar-refractivity contribution is -0.139. The Balaban J connectivity index is 2.61. The second-order valence-corrected chi connectivity index (χ2v) is 6.19. The van der Waals surface area contributed by atoms with E-state index in [9.17, 15) is 10.1 Å². The van der Waals surface area contributed by atoms with Gasteiger partial charge >= 0.3 is 5.97 Å². The molecule has 144 valence electrons. The number of rotatable bonds is 6. The molecule has 1 aliphatic rings. The summed E-state index contributed by atoms with van der Waals surface area (Å²) in [5.41, 5.74) is 6.93. The van der Waals surface area contributed by atoms with Gasteiger partial charge in [-0.15, -0.1) is 0 Å². The lowest BCUT2D eigenvalue weighted by atomic mass is 9.83. The molecule has 0 aliphatic carbocycles. The fourth-order valence-corrected chi connectivity index (χ4v) is 2.90. The second kappa shape index (κ2) is 8.49. The van der Waals surface area contributed by atoms with Crippen LogP contribution in [0.15, 0.2) is 41.0 Å².